The molecule has 1 aliphatic rings. The van der Waals surface area contributed by atoms with E-state index in [1.165, 1.54) is 5.56 Å². The lowest BCUT2D eigenvalue weighted by Crippen LogP contribution is -2.43. The van der Waals surface area contributed by atoms with Crippen molar-refractivity contribution in [3.05, 3.63) is 71.5 Å². The minimum Gasteiger partial charge on any atom is -0.468 e. The van der Waals surface area contributed by atoms with Gasteiger partial charge in [-0.05, 0) is 35.9 Å². The molecule has 1 N–H and O–H groups in total. The molecule has 0 spiro atoms. The second kappa shape index (κ2) is 9.49. The molecule has 2 heterocycles. The molecule has 4 nitrogen and oxygen atoms in total. The third-order valence-corrected chi connectivity index (χ3v) is 5.08. The average Bonchev–Trinajstić information content (AvgIpc) is 3.15. The van der Waals surface area contributed by atoms with Crippen molar-refractivity contribution in [3.63, 3.8) is 0 Å². The van der Waals surface area contributed by atoms with Gasteiger partial charge in [0.15, 0.2) is 0 Å². The summed E-state index contributed by atoms with van der Waals surface area (Å²) in [5, 5.41) is 4.94. The maximum Gasteiger partial charge on any atom is 0.244 e. The van der Waals surface area contributed by atoms with Crippen LogP contribution in [0.5, 0.6) is 0 Å². The van der Waals surface area contributed by atoms with Gasteiger partial charge in [-0.2, -0.15) is 0 Å². The van der Waals surface area contributed by atoms with E-state index in [2.05, 4.69) is 34.5 Å². The van der Waals surface area contributed by atoms with Gasteiger partial charge in [0.2, 0.25) is 5.91 Å². The maximum atomic E-state index is 12.0. The molecule has 1 aromatic heterocycles. The Morgan fingerprint density at radius 2 is 2.00 bits per heavy atom. The van der Waals surface area contributed by atoms with Crippen molar-refractivity contribution >= 4 is 17.7 Å². The Hall–Kier alpha value is -1.98. The highest BCUT2D eigenvalue weighted by Crippen LogP contribution is 2.15. The number of benzene rings is 1. The molecule has 3 rings (SSSR count). The third kappa shape index (κ3) is 6.11. The fourth-order valence-corrected chi connectivity index (χ4v) is 3.61. The van der Waals surface area contributed by atoms with Gasteiger partial charge in [-0.15, -0.1) is 11.8 Å². The highest BCUT2D eigenvalue weighted by molar-refractivity contribution is 8.01. The minimum absolute atomic E-state index is 0.00606. The molecule has 0 saturated carbocycles. The van der Waals surface area contributed by atoms with E-state index in [1.807, 2.05) is 23.6 Å². The molecule has 1 fully saturated rings. The average molecular weight is 356 g/mol. The van der Waals surface area contributed by atoms with E-state index in [0.29, 0.717) is 0 Å². The van der Waals surface area contributed by atoms with E-state index in [0.717, 1.165) is 44.0 Å². The lowest BCUT2D eigenvalue weighted by Gasteiger charge is -2.32. The minimum atomic E-state index is -0.00606. The zero-order chi connectivity index (χ0) is 17.3. The van der Waals surface area contributed by atoms with Gasteiger partial charge < -0.3 is 9.73 Å². The predicted molar refractivity (Wildman–Crippen MR) is 102 cm³/mol. The van der Waals surface area contributed by atoms with Crippen molar-refractivity contribution in [2.45, 2.75) is 31.2 Å². The van der Waals surface area contributed by atoms with Crippen molar-refractivity contribution in [3.8, 4) is 0 Å². The van der Waals surface area contributed by atoms with Gasteiger partial charge in [-0.1, -0.05) is 30.3 Å². The molecule has 132 valence electrons. The van der Waals surface area contributed by atoms with Crippen LogP contribution in [0.4, 0.5) is 0 Å². The first-order valence-corrected chi connectivity index (χ1v) is 9.72. The summed E-state index contributed by atoms with van der Waals surface area (Å²) in [5.74, 6) is 1.66. The second-order valence-corrected chi connectivity index (χ2v) is 7.13. The summed E-state index contributed by atoms with van der Waals surface area (Å²) >= 11 is 1.56. The van der Waals surface area contributed by atoms with Gasteiger partial charge in [0.25, 0.3) is 0 Å². The summed E-state index contributed by atoms with van der Waals surface area (Å²) in [6, 6.07) is 14.6. The maximum absolute atomic E-state index is 12.0. The van der Waals surface area contributed by atoms with Crippen LogP contribution in [0.3, 0.4) is 0 Å². The molecule has 0 atom stereocenters. The largest absolute Gasteiger partial charge is 0.468 e. The van der Waals surface area contributed by atoms with E-state index in [1.54, 1.807) is 24.1 Å². The molecule has 0 radical (unpaired) electrons. The fraction of sp³-hybridized carbons (Fsp3) is 0.350. The van der Waals surface area contributed by atoms with E-state index in [9.17, 15) is 4.79 Å². The van der Waals surface area contributed by atoms with E-state index < -0.39 is 0 Å². The molecule has 1 aromatic carbocycles. The van der Waals surface area contributed by atoms with Crippen LogP contribution in [0, 0.1) is 0 Å². The molecule has 1 aliphatic heterocycles. The number of rotatable bonds is 7. The van der Waals surface area contributed by atoms with Gasteiger partial charge in [0.05, 0.1) is 12.0 Å². The smallest absolute Gasteiger partial charge is 0.244 e. The summed E-state index contributed by atoms with van der Waals surface area (Å²) in [7, 11) is 0. The van der Waals surface area contributed by atoms with Gasteiger partial charge in [-0.3, -0.25) is 9.69 Å². The van der Waals surface area contributed by atoms with Crippen molar-refractivity contribution in [1.29, 1.82) is 0 Å². The quantitative estimate of drug-likeness (QED) is 0.767. The Balaban J connectivity index is 1.33. The van der Waals surface area contributed by atoms with Gasteiger partial charge in [0.1, 0.15) is 5.76 Å². The van der Waals surface area contributed by atoms with E-state index >= 15 is 0 Å². The Morgan fingerprint density at radius 3 is 2.72 bits per heavy atom. The van der Waals surface area contributed by atoms with Crippen LogP contribution in [0.15, 0.2) is 64.6 Å². The monoisotopic (exact) mass is 356 g/mol. The fourth-order valence-electron chi connectivity index (χ4n) is 2.96. The molecule has 0 bridgehead atoms. The summed E-state index contributed by atoms with van der Waals surface area (Å²) in [5.41, 5.74) is 1.35. The number of carbonyl (C=O) groups excluding carboxylic acids is 1. The van der Waals surface area contributed by atoms with Crippen molar-refractivity contribution in [1.82, 2.24) is 10.2 Å². The lowest BCUT2D eigenvalue weighted by atomic mass is 10.0. The van der Waals surface area contributed by atoms with Crippen LogP contribution in [-0.4, -0.2) is 29.9 Å². The SMILES string of the molecule is O=C(C=CSCc1ccco1)NC1CCN(Cc2ccccc2)CC1. The lowest BCUT2D eigenvalue weighted by molar-refractivity contribution is -0.117. The molecule has 0 unspecified atom stereocenters. The van der Waals surface area contributed by atoms with E-state index in [4.69, 9.17) is 4.42 Å². The summed E-state index contributed by atoms with van der Waals surface area (Å²) in [4.78, 5) is 14.4. The number of piperidine rings is 1. The number of nitrogens with zero attached hydrogens (tertiary/aromatic N) is 1. The zero-order valence-corrected chi connectivity index (χ0v) is 15.1. The zero-order valence-electron chi connectivity index (χ0n) is 14.3. The van der Waals surface area contributed by atoms with Crippen LogP contribution in [-0.2, 0) is 17.1 Å². The van der Waals surface area contributed by atoms with Crippen LogP contribution in [0.1, 0.15) is 24.2 Å². The Kier molecular flexibility index (Phi) is 6.77. The number of thioether (sulfide) groups is 1. The summed E-state index contributed by atoms with van der Waals surface area (Å²) in [6.07, 6.45) is 5.29. The molecular weight excluding hydrogens is 332 g/mol. The molecule has 25 heavy (non-hydrogen) atoms. The summed E-state index contributed by atoms with van der Waals surface area (Å²) in [6.45, 7) is 3.04. The molecule has 5 heteroatoms. The molecule has 0 aliphatic carbocycles. The molecule has 1 amide bonds. The number of amides is 1. The van der Waals surface area contributed by atoms with Crippen molar-refractivity contribution in [2.24, 2.45) is 0 Å². The topological polar surface area (TPSA) is 45.5 Å². The second-order valence-electron chi connectivity index (χ2n) is 6.24. The number of hydrogen-bond acceptors (Lipinski definition) is 4. The van der Waals surface area contributed by atoms with Crippen LogP contribution >= 0.6 is 11.8 Å². The van der Waals surface area contributed by atoms with Gasteiger partial charge >= 0.3 is 0 Å². The van der Waals surface area contributed by atoms with Crippen LogP contribution in [0.25, 0.3) is 0 Å². The van der Waals surface area contributed by atoms with E-state index in [-0.39, 0.29) is 11.9 Å². The molecule has 2 aromatic rings. The number of furan rings is 1. The Labute approximate surface area is 153 Å². The first-order valence-electron chi connectivity index (χ1n) is 8.67. The highest BCUT2D eigenvalue weighted by atomic mass is 32.2. The van der Waals surface area contributed by atoms with Gasteiger partial charge in [-0.25, -0.2) is 0 Å². The first-order chi connectivity index (χ1) is 12.3. The molecule has 1 saturated heterocycles. The number of nitrogens with one attached hydrogen (secondary N) is 1. The number of hydrogen-bond donors (Lipinski definition) is 1. The first kappa shape index (κ1) is 17.8. The Morgan fingerprint density at radius 1 is 1.20 bits per heavy atom. The predicted octanol–water partition coefficient (Wildman–Crippen LogP) is 3.81. The third-order valence-electron chi connectivity index (χ3n) is 4.30. The number of likely N-dealkylation sites (tertiary alicyclic amines) is 1. The Bertz CT molecular complexity index is 662. The standard InChI is InChI=1S/C20H24N2O2S/c23-20(10-14-25-16-19-7-4-13-24-19)21-18-8-11-22(12-9-18)15-17-5-2-1-3-6-17/h1-7,10,13-14,18H,8-9,11-12,15-16H2,(H,21,23). The van der Waals surface area contributed by atoms with Crippen LogP contribution in [0.2, 0.25) is 0 Å². The normalized spacial score (nSPS) is 16.3. The summed E-state index contributed by atoms with van der Waals surface area (Å²) < 4.78 is 5.25. The van der Waals surface area contributed by atoms with Gasteiger partial charge in [0, 0.05) is 31.8 Å². The number of carbonyl (C=O) groups is 1. The van der Waals surface area contributed by atoms with Crippen molar-refractivity contribution in [2.75, 3.05) is 13.1 Å². The highest BCUT2D eigenvalue weighted by Gasteiger charge is 2.19. The van der Waals surface area contributed by atoms with Crippen LogP contribution < -0.4 is 5.32 Å². The molecular formula is C20H24N2O2S. The van der Waals surface area contributed by atoms with Crippen molar-refractivity contribution < 1.29 is 9.21 Å².